The van der Waals surface area contributed by atoms with Crippen molar-refractivity contribution in [2.75, 3.05) is 31.6 Å². The molecule has 3 aromatic carbocycles. The number of likely N-dealkylation sites (N-methyl/N-ethyl adjacent to an activating group) is 1. The van der Waals surface area contributed by atoms with Gasteiger partial charge in [-0.2, -0.15) is 0 Å². The van der Waals surface area contributed by atoms with Crippen LogP contribution in [0.3, 0.4) is 0 Å². The van der Waals surface area contributed by atoms with Crippen LogP contribution in [0.25, 0.3) is 22.0 Å². The van der Waals surface area contributed by atoms with E-state index in [-0.39, 0.29) is 30.9 Å². The molecule has 5 N–H and O–H groups in total. The summed E-state index contributed by atoms with van der Waals surface area (Å²) in [7, 11) is 1.70. The molecule has 1 atom stereocenters. The summed E-state index contributed by atoms with van der Waals surface area (Å²) in [4.78, 5) is 42.8. The fourth-order valence-corrected chi connectivity index (χ4v) is 5.42. The number of ether oxygens (including phenoxy) is 1. The highest BCUT2D eigenvalue weighted by Gasteiger charge is 2.30. The quantitative estimate of drug-likeness (QED) is 0.206. The Morgan fingerprint density at radius 1 is 0.976 bits per heavy atom. The van der Waals surface area contributed by atoms with E-state index in [0.717, 1.165) is 38.8 Å². The van der Waals surface area contributed by atoms with Crippen LogP contribution in [0.2, 0.25) is 0 Å². The molecule has 3 amide bonds. The zero-order valence-electron chi connectivity index (χ0n) is 23.1. The van der Waals surface area contributed by atoms with Gasteiger partial charge >= 0.3 is 6.09 Å². The molecule has 0 bridgehead atoms. The first-order valence-corrected chi connectivity index (χ1v) is 13.9. The first-order chi connectivity index (χ1) is 20.0. The summed E-state index contributed by atoms with van der Waals surface area (Å²) < 4.78 is 5.73. The maximum Gasteiger partial charge on any atom is 0.407 e. The molecule has 0 fully saturated rings. The molecule has 1 aliphatic carbocycles. The van der Waals surface area contributed by atoms with Gasteiger partial charge in [0, 0.05) is 42.3 Å². The Bertz CT molecular complexity index is 1500. The van der Waals surface area contributed by atoms with E-state index in [2.05, 4.69) is 39.9 Å². The molecule has 4 aromatic rings. The molecule has 1 aliphatic rings. The molecule has 1 heterocycles. The zero-order chi connectivity index (χ0) is 28.8. The Morgan fingerprint density at radius 2 is 1.68 bits per heavy atom. The Hall–Kier alpha value is -4.63. The van der Waals surface area contributed by atoms with E-state index in [4.69, 9.17) is 10.5 Å². The van der Waals surface area contributed by atoms with Gasteiger partial charge in [0.25, 0.3) is 0 Å². The van der Waals surface area contributed by atoms with Crippen molar-refractivity contribution in [3.05, 3.63) is 90.1 Å². The molecule has 41 heavy (non-hydrogen) atoms. The van der Waals surface area contributed by atoms with Crippen LogP contribution in [0.5, 0.6) is 0 Å². The molecule has 9 heteroatoms. The lowest BCUT2D eigenvalue weighted by Gasteiger charge is -2.25. The van der Waals surface area contributed by atoms with Crippen molar-refractivity contribution in [1.29, 1.82) is 0 Å². The summed E-state index contributed by atoms with van der Waals surface area (Å²) >= 11 is 0. The van der Waals surface area contributed by atoms with E-state index < -0.39 is 12.1 Å². The maximum atomic E-state index is 13.6. The van der Waals surface area contributed by atoms with Gasteiger partial charge in [0.1, 0.15) is 12.6 Å². The summed E-state index contributed by atoms with van der Waals surface area (Å²) in [6, 6.07) is 23.1. The Balaban J connectivity index is 1.25. The number of aromatic nitrogens is 1. The van der Waals surface area contributed by atoms with E-state index in [1.807, 2.05) is 54.7 Å². The van der Waals surface area contributed by atoms with Crippen LogP contribution in [-0.4, -0.2) is 55.7 Å². The molecule has 0 saturated carbocycles. The topological polar surface area (TPSA) is 130 Å². The Kier molecular flexibility index (Phi) is 8.64. The number of hydrogen-bond acceptors (Lipinski definition) is 5. The average Bonchev–Trinajstić information content (AvgIpc) is 3.60. The fraction of sp³-hybridized carbons (Fsp3) is 0.281. The van der Waals surface area contributed by atoms with Crippen molar-refractivity contribution in [1.82, 2.24) is 15.6 Å². The van der Waals surface area contributed by atoms with E-state index in [1.54, 1.807) is 11.9 Å². The number of nitrogens with one attached hydrogen (secondary N) is 3. The second kappa shape index (κ2) is 12.7. The van der Waals surface area contributed by atoms with Gasteiger partial charge < -0.3 is 31.0 Å². The van der Waals surface area contributed by atoms with Crippen LogP contribution in [-0.2, 0) is 14.3 Å². The summed E-state index contributed by atoms with van der Waals surface area (Å²) in [6.07, 6.45) is 2.84. The third-order valence-corrected chi connectivity index (χ3v) is 7.62. The molecular weight excluding hydrogens is 518 g/mol. The SMILES string of the molecule is CN(C(=O)C(CCCCNC(=O)CN)NC(=O)OCC1c2ccccc2-c2ccccc21)c1ccc2[nH]ccc2c1. The number of nitrogens with zero attached hydrogens (tertiary/aromatic N) is 1. The smallest absolute Gasteiger partial charge is 0.407 e. The van der Waals surface area contributed by atoms with Gasteiger partial charge in [0.05, 0.1) is 6.54 Å². The van der Waals surface area contributed by atoms with E-state index in [0.29, 0.717) is 25.8 Å². The Morgan fingerprint density at radius 3 is 2.39 bits per heavy atom. The van der Waals surface area contributed by atoms with E-state index in [1.165, 1.54) is 0 Å². The number of alkyl carbamates (subject to hydrolysis) is 1. The number of hydrogen-bond donors (Lipinski definition) is 4. The number of nitrogens with two attached hydrogens (primary N) is 1. The minimum Gasteiger partial charge on any atom is -0.449 e. The number of carbonyl (C=O) groups is 3. The van der Waals surface area contributed by atoms with Crippen molar-refractivity contribution in [3.8, 4) is 11.1 Å². The van der Waals surface area contributed by atoms with Gasteiger partial charge in [-0.15, -0.1) is 0 Å². The summed E-state index contributed by atoms with van der Waals surface area (Å²) in [5.74, 6) is -0.558. The van der Waals surface area contributed by atoms with Gasteiger partial charge in [-0.05, 0) is 65.8 Å². The first-order valence-electron chi connectivity index (χ1n) is 13.9. The number of H-pyrrole nitrogens is 1. The third-order valence-electron chi connectivity index (χ3n) is 7.62. The zero-order valence-corrected chi connectivity index (χ0v) is 23.1. The third kappa shape index (κ3) is 6.25. The highest BCUT2D eigenvalue weighted by Crippen LogP contribution is 2.44. The number of fused-ring (bicyclic) bond motifs is 4. The molecule has 1 unspecified atom stereocenters. The molecule has 0 aliphatic heterocycles. The van der Waals surface area contributed by atoms with Gasteiger partial charge in [0.2, 0.25) is 11.8 Å². The molecule has 0 saturated heterocycles. The maximum absolute atomic E-state index is 13.6. The van der Waals surface area contributed by atoms with Crippen LogP contribution in [0.1, 0.15) is 36.3 Å². The lowest BCUT2D eigenvalue weighted by molar-refractivity contribution is -0.121. The highest BCUT2D eigenvalue weighted by molar-refractivity contribution is 5.99. The second-order valence-electron chi connectivity index (χ2n) is 10.2. The van der Waals surface area contributed by atoms with Gasteiger partial charge in [-0.25, -0.2) is 4.79 Å². The number of unbranched alkanes of at least 4 members (excludes halogenated alkanes) is 1. The van der Waals surface area contributed by atoms with E-state index in [9.17, 15) is 14.4 Å². The largest absolute Gasteiger partial charge is 0.449 e. The van der Waals surface area contributed by atoms with Crippen molar-refractivity contribution < 1.29 is 19.1 Å². The van der Waals surface area contributed by atoms with Gasteiger partial charge in [0.15, 0.2) is 0 Å². The van der Waals surface area contributed by atoms with Crippen molar-refractivity contribution in [2.24, 2.45) is 5.73 Å². The summed E-state index contributed by atoms with van der Waals surface area (Å²) in [5, 5.41) is 6.53. The van der Waals surface area contributed by atoms with Crippen LogP contribution in [0.15, 0.2) is 79.0 Å². The highest BCUT2D eigenvalue weighted by atomic mass is 16.5. The van der Waals surface area contributed by atoms with Crippen molar-refractivity contribution in [3.63, 3.8) is 0 Å². The summed E-state index contributed by atoms with van der Waals surface area (Å²) in [5.41, 5.74) is 11.6. The van der Waals surface area contributed by atoms with Crippen molar-refractivity contribution in [2.45, 2.75) is 31.2 Å². The first kappa shape index (κ1) is 27.9. The predicted molar refractivity (Wildman–Crippen MR) is 160 cm³/mol. The number of anilines is 1. The minimum absolute atomic E-state index is 0.0687. The predicted octanol–water partition coefficient (Wildman–Crippen LogP) is 4.28. The standard InChI is InChI=1S/C32H35N5O4/c1-37(22-13-14-28-21(18-22)15-17-34-28)31(39)29(12-6-7-16-35-30(38)19-33)36-32(40)41-20-27-25-10-4-2-8-23(25)24-9-3-5-11-26(24)27/h2-5,8-11,13-15,17-18,27,29,34H,6-7,12,16,19-20,33H2,1H3,(H,35,38)(H,36,40). The number of benzene rings is 3. The second-order valence-corrected chi connectivity index (χ2v) is 10.2. The van der Waals surface area contributed by atoms with Crippen LogP contribution in [0, 0.1) is 0 Å². The minimum atomic E-state index is -0.803. The lowest BCUT2D eigenvalue weighted by Crippen LogP contribution is -2.48. The average molecular weight is 554 g/mol. The Labute approximate surface area is 239 Å². The molecule has 5 rings (SSSR count). The molecule has 1 aromatic heterocycles. The molecule has 9 nitrogen and oxygen atoms in total. The van der Waals surface area contributed by atoms with Crippen LogP contribution in [0.4, 0.5) is 10.5 Å². The fourth-order valence-electron chi connectivity index (χ4n) is 5.42. The number of carbonyl (C=O) groups excluding carboxylic acids is 3. The van der Waals surface area contributed by atoms with Gasteiger partial charge in [-0.3, -0.25) is 9.59 Å². The number of rotatable bonds is 11. The van der Waals surface area contributed by atoms with E-state index >= 15 is 0 Å². The normalized spacial score (nSPS) is 12.8. The molecule has 212 valence electrons. The molecule has 0 radical (unpaired) electrons. The van der Waals surface area contributed by atoms with Gasteiger partial charge in [-0.1, -0.05) is 48.5 Å². The number of aromatic amines is 1. The summed E-state index contributed by atoms with van der Waals surface area (Å²) in [6.45, 7) is 0.536. The molecular formula is C32H35N5O4. The molecule has 0 spiro atoms. The van der Waals surface area contributed by atoms with Crippen LogP contribution < -0.4 is 21.3 Å². The monoisotopic (exact) mass is 553 g/mol. The van der Waals surface area contributed by atoms with Crippen molar-refractivity contribution >= 4 is 34.5 Å². The number of amides is 3. The van der Waals surface area contributed by atoms with Crippen LogP contribution >= 0.6 is 0 Å². The lowest BCUT2D eigenvalue weighted by atomic mass is 9.98.